The van der Waals surface area contributed by atoms with Crippen molar-refractivity contribution in [2.24, 2.45) is 0 Å². The van der Waals surface area contributed by atoms with Gasteiger partial charge >= 0.3 is 0 Å². The van der Waals surface area contributed by atoms with E-state index in [1.165, 1.54) is 0 Å². The van der Waals surface area contributed by atoms with E-state index in [2.05, 4.69) is 31.5 Å². The van der Waals surface area contributed by atoms with Gasteiger partial charge in [-0.2, -0.15) is 5.10 Å². The number of rotatable bonds is 4. The Kier molecular flexibility index (Phi) is 3.89. The molecule has 3 aliphatic rings. The quantitative estimate of drug-likeness (QED) is 0.549. The average molecular weight is 405 g/mol. The third-order valence-electron chi connectivity index (χ3n) is 6.03. The second-order valence-corrected chi connectivity index (χ2v) is 8.02. The van der Waals surface area contributed by atoms with Crippen molar-refractivity contribution < 1.29 is 13.5 Å². The van der Waals surface area contributed by atoms with E-state index >= 15 is 0 Å². The second kappa shape index (κ2) is 6.63. The van der Waals surface area contributed by atoms with Gasteiger partial charge in [-0.15, -0.1) is 5.10 Å². The van der Waals surface area contributed by atoms with Crippen LogP contribution in [0, 0.1) is 5.82 Å². The number of fused-ring (bicyclic) bond motifs is 4. The van der Waals surface area contributed by atoms with Crippen LogP contribution >= 0.6 is 0 Å². The fraction of sp³-hybridized carbons (Fsp3) is 0.318. The molecule has 0 aliphatic carbocycles. The van der Waals surface area contributed by atoms with E-state index in [1.807, 2.05) is 25.3 Å². The maximum absolute atomic E-state index is 13.9. The number of furan rings is 1. The Bertz CT molecular complexity index is 1240. The molecule has 0 radical (unpaired) electrons. The van der Waals surface area contributed by atoms with Gasteiger partial charge < -0.3 is 19.4 Å². The highest BCUT2D eigenvalue weighted by molar-refractivity contribution is 5.91. The van der Waals surface area contributed by atoms with Crippen LogP contribution in [0.5, 0.6) is 0 Å². The normalized spacial score (nSPS) is 21.6. The molecular formula is C22H20FN5O2. The lowest BCUT2D eigenvalue weighted by Crippen LogP contribution is -2.57. The number of nitrogens with one attached hydrogen (secondary N) is 1. The summed E-state index contributed by atoms with van der Waals surface area (Å²) < 4.78 is 25.1. The number of para-hydroxylation sites is 1. The number of aromatic nitrogens is 3. The summed E-state index contributed by atoms with van der Waals surface area (Å²) in [5.41, 5.74) is 3.88. The summed E-state index contributed by atoms with van der Waals surface area (Å²) in [5.74, 6) is -0.354. The predicted octanol–water partition coefficient (Wildman–Crippen LogP) is 4.06. The van der Waals surface area contributed by atoms with Crippen molar-refractivity contribution in [1.82, 2.24) is 15.2 Å². The minimum Gasteiger partial charge on any atom is -0.461 e. The molecule has 6 heterocycles. The zero-order valence-electron chi connectivity index (χ0n) is 16.4. The topological polar surface area (TPSA) is 76.3 Å². The maximum atomic E-state index is 13.9. The SMILES string of the molecule is C[C@@H](Nc1cnnc2ncc(N3CC4CC(C3)O4)cc12)c1cccc2c(F)coc12. The highest BCUT2D eigenvalue weighted by Gasteiger charge is 2.38. The fourth-order valence-electron chi connectivity index (χ4n) is 4.49. The number of hydrogen-bond acceptors (Lipinski definition) is 7. The predicted molar refractivity (Wildman–Crippen MR) is 111 cm³/mol. The Labute approximate surface area is 171 Å². The Balaban J connectivity index is 1.35. The van der Waals surface area contributed by atoms with Crippen molar-refractivity contribution in [3.63, 3.8) is 0 Å². The molecule has 8 heteroatoms. The zero-order valence-corrected chi connectivity index (χ0v) is 16.4. The number of ether oxygens (including phenoxy) is 1. The Morgan fingerprint density at radius 1 is 1.20 bits per heavy atom. The van der Waals surface area contributed by atoms with Crippen LogP contribution in [0.4, 0.5) is 15.8 Å². The van der Waals surface area contributed by atoms with E-state index in [4.69, 9.17) is 9.15 Å². The number of benzene rings is 1. The largest absolute Gasteiger partial charge is 0.461 e. The molecule has 3 aromatic heterocycles. The fourth-order valence-corrected chi connectivity index (χ4v) is 4.49. The van der Waals surface area contributed by atoms with Gasteiger partial charge in [0.25, 0.3) is 0 Å². The summed E-state index contributed by atoms with van der Waals surface area (Å²) in [6, 6.07) is 7.46. The van der Waals surface area contributed by atoms with Gasteiger partial charge in [0, 0.05) is 30.5 Å². The summed E-state index contributed by atoms with van der Waals surface area (Å²) in [7, 11) is 0. The first-order valence-corrected chi connectivity index (χ1v) is 10.1. The van der Waals surface area contributed by atoms with E-state index in [9.17, 15) is 4.39 Å². The third-order valence-corrected chi connectivity index (χ3v) is 6.03. The maximum Gasteiger partial charge on any atom is 0.183 e. The summed E-state index contributed by atoms with van der Waals surface area (Å²) in [4.78, 5) is 6.84. The number of halogens is 1. The summed E-state index contributed by atoms with van der Waals surface area (Å²) in [6.45, 7) is 3.77. The van der Waals surface area contributed by atoms with Gasteiger partial charge in [-0.1, -0.05) is 12.1 Å². The molecule has 7 rings (SSSR count). The minimum absolute atomic E-state index is 0.133. The lowest BCUT2D eigenvalue weighted by Gasteiger charge is -2.47. The van der Waals surface area contributed by atoms with E-state index in [0.29, 0.717) is 28.8 Å². The molecule has 4 aromatic rings. The van der Waals surface area contributed by atoms with Crippen LogP contribution in [0.1, 0.15) is 24.9 Å². The monoisotopic (exact) mass is 405 g/mol. The molecular weight excluding hydrogens is 385 g/mol. The first-order chi connectivity index (χ1) is 14.7. The first-order valence-electron chi connectivity index (χ1n) is 10.1. The molecule has 1 aromatic carbocycles. The lowest BCUT2D eigenvalue weighted by atomic mass is 9.98. The molecule has 0 spiro atoms. The third kappa shape index (κ3) is 2.79. The number of anilines is 2. The van der Waals surface area contributed by atoms with Crippen LogP contribution in [0.15, 0.2) is 47.3 Å². The molecule has 0 saturated carbocycles. The van der Waals surface area contributed by atoms with Crippen LogP contribution in [0.3, 0.4) is 0 Å². The van der Waals surface area contributed by atoms with Crippen molar-refractivity contribution >= 4 is 33.4 Å². The van der Waals surface area contributed by atoms with E-state index in [0.717, 1.165) is 48.1 Å². The highest BCUT2D eigenvalue weighted by atomic mass is 19.1. The number of nitrogens with zero attached hydrogens (tertiary/aromatic N) is 4. The van der Waals surface area contributed by atoms with Gasteiger partial charge in [0.1, 0.15) is 11.8 Å². The number of hydrogen-bond donors (Lipinski definition) is 1. The van der Waals surface area contributed by atoms with Crippen LogP contribution < -0.4 is 10.2 Å². The van der Waals surface area contributed by atoms with Crippen molar-refractivity contribution in [1.29, 1.82) is 0 Å². The van der Waals surface area contributed by atoms with Crippen molar-refractivity contribution in [3.8, 4) is 0 Å². The summed E-state index contributed by atoms with van der Waals surface area (Å²) >= 11 is 0. The van der Waals surface area contributed by atoms with Crippen LogP contribution in [0.25, 0.3) is 22.0 Å². The van der Waals surface area contributed by atoms with E-state index < -0.39 is 0 Å². The van der Waals surface area contributed by atoms with E-state index in [-0.39, 0.29) is 11.9 Å². The molecule has 3 fully saturated rings. The molecule has 30 heavy (non-hydrogen) atoms. The van der Waals surface area contributed by atoms with Gasteiger partial charge in [0.05, 0.1) is 47.4 Å². The van der Waals surface area contributed by atoms with Crippen molar-refractivity contribution in [3.05, 3.63) is 54.3 Å². The standard InChI is InChI=1S/C22H20FN5O2/c1-12(16-3-2-4-17-19(23)11-29-21(16)17)26-20-8-25-27-22-18(20)5-13(7-24-22)28-9-14-6-15(10-28)30-14/h2-5,7-8,11-12,14-15H,6,9-10H2,1H3,(H,24,26,27)/t12-,14?,15?/m1/s1. The number of morpholine rings is 1. The molecule has 7 nitrogen and oxygen atoms in total. The molecule has 2 unspecified atom stereocenters. The van der Waals surface area contributed by atoms with Gasteiger partial charge in [0.15, 0.2) is 11.5 Å². The van der Waals surface area contributed by atoms with Crippen LogP contribution in [-0.2, 0) is 4.74 Å². The van der Waals surface area contributed by atoms with Crippen LogP contribution in [0.2, 0.25) is 0 Å². The molecule has 3 aliphatic heterocycles. The van der Waals surface area contributed by atoms with Gasteiger partial charge in [-0.3, -0.25) is 0 Å². The molecule has 3 saturated heterocycles. The van der Waals surface area contributed by atoms with Crippen molar-refractivity contribution in [2.75, 3.05) is 23.3 Å². The van der Waals surface area contributed by atoms with Gasteiger partial charge in [0.2, 0.25) is 0 Å². The number of piperidine rings is 1. The molecule has 152 valence electrons. The Morgan fingerprint density at radius 2 is 2.03 bits per heavy atom. The molecule has 2 bridgehead atoms. The second-order valence-electron chi connectivity index (χ2n) is 8.02. The molecule has 0 amide bonds. The summed E-state index contributed by atoms with van der Waals surface area (Å²) in [5, 5.41) is 13.1. The van der Waals surface area contributed by atoms with Gasteiger partial charge in [-0.25, -0.2) is 9.37 Å². The summed E-state index contributed by atoms with van der Waals surface area (Å²) in [6.07, 6.45) is 6.48. The average Bonchev–Trinajstić information content (AvgIpc) is 3.14. The minimum atomic E-state index is -0.354. The smallest absolute Gasteiger partial charge is 0.183 e. The Hall–Kier alpha value is -3.26. The lowest BCUT2D eigenvalue weighted by molar-refractivity contribution is -0.133. The van der Waals surface area contributed by atoms with E-state index in [1.54, 1.807) is 12.3 Å². The van der Waals surface area contributed by atoms with Crippen molar-refractivity contribution in [2.45, 2.75) is 31.6 Å². The molecule has 3 atom stereocenters. The Morgan fingerprint density at radius 3 is 2.87 bits per heavy atom. The molecule has 1 N–H and O–H groups in total. The highest BCUT2D eigenvalue weighted by Crippen LogP contribution is 2.34. The zero-order chi connectivity index (χ0) is 20.2. The van der Waals surface area contributed by atoms with Crippen LogP contribution in [-0.4, -0.2) is 40.5 Å². The number of pyridine rings is 1. The first kappa shape index (κ1) is 17.6. The van der Waals surface area contributed by atoms with Gasteiger partial charge in [-0.05, 0) is 19.1 Å².